The molecule has 0 aromatic heterocycles. The number of amides is 2. The van der Waals surface area contributed by atoms with E-state index in [1.54, 1.807) is 7.05 Å². The van der Waals surface area contributed by atoms with Crippen molar-refractivity contribution < 1.29 is 4.79 Å². The molecule has 2 amide bonds. The minimum absolute atomic E-state index is 0.146. The number of anilines is 1. The molecular weight excluding hydrogens is 240 g/mol. The number of urea groups is 1. The van der Waals surface area contributed by atoms with Gasteiger partial charge in [-0.2, -0.15) is 0 Å². The second-order valence-electron chi connectivity index (χ2n) is 4.80. The van der Waals surface area contributed by atoms with Gasteiger partial charge in [0.2, 0.25) is 0 Å². The molecule has 19 heavy (non-hydrogen) atoms. The predicted molar refractivity (Wildman–Crippen MR) is 77.6 cm³/mol. The van der Waals surface area contributed by atoms with Crippen molar-refractivity contribution in [3.63, 3.8) is 0 Å². The summed E-state index contributed by atoms with van der Waals surface area (Å²) in [5.74, 6) is 0. The third-order valence-electron chi connectivity index (χ3n) is 3.36. The molecule has 0 atom stereocenters. The molecule has 1 saturated heterocycles. The van der Waals surface area contributed by atoms with Gasteiger partial charge in [-0.25, -0.2) is 4.79 Å². The molecule has 5 heteroatoms. The number of rotatable bonds is 3. The second kappa shape index (κ2) is 6.43. The fourth-order valence-electron chi connectivity index (χ4n) is 2.33. The molecule has 1 aromatic rings. The first-order chi connectivity index (χ1) is 9.20. The molecule has 1 aromatic carbocycles. The highest BCUT2D eigenvalue weighted by atomic mass is 16.2. The highest BCUT2D eigenvalue weighted by molar-refractivity contribution is 5.73. The van der Waals surface area contributed by atoms with Gasteiger partial charge in [0.25, 0.3) is 0 Å². The van der Waals surface area contributed by atoms with Gasteiger partial charge >= 0.3 is 6.03 Å². The molecule has 0 unspecified atom stereocenters. The van der Waals surface area contributed by atoms with Gasteiger partial charge in [0, 0.05) is 45.5 Å². The van der Waals surface area contributed by atoms with Crippen molar-refractivity contribution in [2.45, 2.75) is 13.5 Å². The molecule has 0 radical (unpaired) electrons. The van der Waals surface area contributed by atoms with Gasteiger partial charge in [-0.05, 0) is 18.6 Å². The zero-order valence-corrected chi connectivity index (χ0v) is 11.6. The summed E-state index contributed by atoms with van der Waals surface area (Å²) in [6.45, 7) is 6.67. The summed E-state index contributed by atoms with van der Waals surface area (Å²) in [4.78, 5) is 13.7. The molecule has 3 N–H and O–H groups in total. The van der Waals surface area contributed by atoms with Crippen LogP contribution in [0.1, 0.15) is 11.1 Å². The Morgan fingerprint density at radius 2 is 2.11 bits per heavy atom. The van der Waals surface area contributed by atoms with Crippen molar-refractivity contribution in [3.8, 4) is 0 Å². The Bertz CT molecular complexity index is 441. The number of piperazine rings is 1. The lowest BCUT2D eigenvalue weighted by Crippen LogP contribution is -2.44. The van der Waals surface area contributed by atoms with E-state index >= 15 is 0 Å². The van der Waals surface area contributed by atoms with E-state index in [1.807, 2.05) is 0 Å². The van der Waals surface area contributed by atoms with Gasteiger partial charge in [0.15, 0.2) is 0 Å². The summed E-state index contributed by atoms with van der Waals surface area (Å²) in [5, 5.41) is 8.79. The van der Waals surface area contributed by atoms with Gasteiger partial charge in [0.05, 0.1) is 0 Å². The summed E-state index contributed by atoms with van der Waals surface area (Å²) in [5.41, 5.74) is 3.61. The van der Waals surface area contributed by atoms with Gasteiger partial charge < -0.3 is 20.9 Å². The maximum atomic E-state index is 11.3. The van der Waals surface area contributed by atoms with Crippen molar-refractivity contribution in [2.75, 3.05) is 38.1 Å². The van der Waals surface area contributed by atoms with E-state index in [4.69, 9.17) is 0 Å². The van der Waals surface area contributed by atoms with E-state index in [0.717, 1.165) is 26.2 Å². The Hall–Kier alpha value is -1.75. The first-order valence-corrected chi connectivity index (χ1v) is 6.71. The van der Waals surface area contributed by atoms with Crippen molar-refractivity contribution in [2.24, 2.45) is 0 Å². The van der Waals surface area contributed by atoms with Crippen LogP contribution in [0.2, 0.25) is 0 Å². The van der Waals surface area contributed by atoms with E-state index < -0.39 is 0 Å². The van der Waals surface area contributed by atoms with E-state index in [1.165, 1.54) is 16.8 Å². The fourth-order valence-corrected chi connectivity index (χ4v) is 2.33. The smallest absolute Gasteiger partial charge is 0.314 e. The molecule has 0 bridgehead atoms. The van der Waals surface area contributed by atoms with Gasteiger partial charge in [-0.1, -0.05) is 17.7 Å². The van der Waals surface area contributed by atoms with E-state index in [-0.39, 0.29) is 6.03 Å². The highest BCUT2D eigenvalue weighted by Crippen LogP contribution is 2.22. The van der Waals surface area contributed by atoms with Crippen LogP contribution in [0.15, 0.2) is 18.2 Å². The second-order valence-corrected chi connectivity index (χ2v) is 4.80. The number of nitrogens with zero attached hydrogens (tertiary/aromatic N) is 1. The Balaban J connectivity index is 2.14. The highest BCUT2D eigenvalue weighted by Gasteiger charge is 2.14. The van der Waals surface area contributed by atoms with Crippen molar-refractivity contribution in [1.82, 2.24) is 16.0 Å². The monoisotopic (exact) mass is 262 g/mol. The number of benzene rings is 1. The third kappa shape index (κ3) is 3.61. The maximum Gasteiger partial charge on any atom is 0.314 e. The van der Waals surface area contributed by atoms with Crippen LogP contribution < -0.4 is 20.9 Å². The zero-order valence-electron chi connectivity index (χ0n) is 11.6. The summed E-state index contributed by atoms with van der Waals surface area (Å²) in [6, 6.07) is 6.28. The van der Waals surface area contributed by atoms with Gasteiger partial charge in [-0.3, -0.25) is 0 Å². The molecule has 1 aliphatic heterocycles. The molecule has 1 aliphatic rings. The predicted octanol–water partition coefficient (Wildman–Crippen LogP) is 0.834. The molecule has 2 rings (SSSR count). The standard InChI is InChI=1S/C14H22N4O/c1-11-3-4-13(18-7-5-16-6-8-18)12(9-11)10-17-14(19)15-2/h3-4,9,16H,5-8,10H2,1-2H3,(H2,15,17,19). The average Bonchev–Trinajstić information content (AvgIpc) is 2.45. The lowest BCUT2D eigenvalue weighted by atomic mass is 10.1. The SMILES string of the molecule is CNC(=O)NCc1cc(C)ccc1N1CCNCC1. The van der Waals surface area contributed by atoms with E-state index in [2.05, 4.69) is 46.0 Å². The third-order valence-corrected chi connectivity index (χ3v) is 3.36. The minimum atomic E-state index is -0.146. The lowest BCUT2D eigenvalue weighted by molar-refractivity contribution is 0.242. The Morgan fingerprint density at radius 3 is 2.79 bits per heavy atom. The summed E-state index contributed by atoms with van der Waals surface area (Å²) in [6.07, 6.45) is 0. The Labute approximate surface area is 114 Å². The van der Waals surface area contributed by atoms with Crippen LogP contribution in [0.25, 0.3) is 0 Å². The van der Waals surface area contributed by atoms with Crippen molar-refractivity contribution >= 4 is 11.7 Å². The first kappa shape index (κ1) is 13.7. The quantitative estimate of drug-likeness (QED) is 0.756. The molecule has 5 nitrogen and oxygen atoms in total. The Morgan fingerprint density at radius 1 is 1.37 bits per heavy atom. The molecule has 104 valence electrons. The van der Waals surface area contributed by atoms with Crippen LogP contribution in [0, 0.1) is 6.92 Å². The van der Waals surface area contributed by atoms with E-state index in [9.17, 15) is 4.79 Å². The van der Waals surface area contributed by atoms with Crippen LogP contribution in [0.4, 0.5) is 10.5 Å². The van der Waals surface area contributed by atoms with Gasteiger partial charge in [-0.15, -0.1) is 0 Å². The van der Waals surface area contributed by atoms with Crippen LogP contribution in [0.5, 0.6) is 0 Å². The number of aryl methyl sites for hydroxylation is 1. The topological polar surface area (TPSA) is 56.4 Å². The van der Waals surface area contributed by atoms with Gasteiger partial charge in [0.1, 0.15) is 0 Å². The molecule has 1 fully saturated rings. The molecule has 0 saturated carbocycles. The van der Waals surface area contributed by atoms with Crippen molar-refractivity contribution in [1.29, 1.82) is 0 Å². The number of carbonyl (C=O) groups is 1. The fraction of sp³-hybridized carbons (Fsp3) is 0.500. The van der Waals surface area contributed by atoms with Crippen LogP contribution in [-0.2, 0) is 6.54 Å². The molecule has 0 aliphatic carbocycles. The molecule has 0 spiro atoms. The average molecular weight is 262 g/mol. The maximum absolute atomic E-state index is 11.3. The lowest BCUT2D eigenvalue weighted by Gasteiger charge is -2.31. The summed E-state index contributed by atoms with van der Waals surface area (Å²) < 4.78 is 0. The molecular formula is C14H22N4O. The number of hydrogen-bond acceptors (Lipinski definition) is 3. The van der Waals surface area contributed by atoms with Crippen LogP contribution in [-0.4, -0.2) is 39.3 Å². The van der Waals surface area contributed by atoms with E-state index in [0.29, 0.717) is 6.54 Å². The summed E-state index contributed by atoms with van der Waals surface area (Å²) >= 11 is 0. The zero-order chi connectivity index (χ0) is 13.7. The van der Waals surface area contributed by atoms with Crippen molar-refractivity contribution in [3.05, 3.63) is 29.3 Å². The number of hydrogen-bond donors (Lipinski definition) is 3. The normalized spacial score (nSPS) is 15.2. The molecule has 1 heterocycles. The minimum Gasteiger partial charge on any atom is -0.369 e. The number of carbonyl (C=O) groups excluding carboxylic acids is 1. The van der Waals surface area contributed by atoms with Crippen LogP contribution >= 0.6 is 0 Å². The largest absolute Gasteiger partial charge is 0.369 e. The Kier molecular flexibility index (Phi) is 4.63. The van der Waals surface area contributed by atoms with Crippen LogP contribution in [0.3, 0.4) is 0 Å². The number of nitrogens with one attached hydrogen (secondary N) is 3. The first-order valence-electron chi connectivity index (χ1n) is 6.71. The summed E-state index contributed by atoms with van der Waals surface area (Å²) in [7, 11) is 1.63.